The first-order valence-electron chi connectivity index (χ1n) is 8.13. The maximum atomic E-state index is 12.1. The second-order valence-corrected chi connectivity index (χ2v) is 6.92. The van der Waals surface area contributed by atoms with Crippen molar-refractivity contribution in [2.45, 2.75) is 39.2 Å². The van der Waals surface area contributed by atoms with Crippen LogP contribution in [0, 0.1) is 0 Å². The van der Waals surface area contributed by atoms with E-state index >= 15 is 0 Å². The van der Waals surface area contributed by atoms with E-state index in [4.69, 9.17) is 4.74 Å². The number of fused-ring (bicyclic) bond motifs is 1. The van der Waals surface area contributed by atoms with Crippen LogP contribution >= 0.6 is 0 Å². The van der Waals surface area contributed by atoms with Gasteiger partial charge in [-0.15, -0.1) is 0 Å². The number of hydrogen-bond donors (Lipinski definition) is 0. The number of nitrogens with zero attached hydrogens (tertiary/aromatic N) is 1. The van der Waals surface area contributed by atoms with Crippen molar-refractivity contribution in [1.29, 1.82) is 0 Å². The average Bonchev–Trinajstić information content (AvgIpc) is 2.92. The fourth-order valence-electron chi connectivity index (χ4n) is 3.03. The molecule has 0 aliphatic carbocycles. The summed E-state index contributed by atoms with van der Waals surface area (Å²) in [6, 6.07) is 14.7. The van der Waals surface area contributed by atoms with Gasteiger partial charge < -0.3 is 9.64 Å². The first kappa shape index (κ1) is 15.6. The first-order chi connectivity index (χ1) is 10.9. The topological polar surface area (TPSA) is 29.5 Å². The molecular formula is C20H23NO2. The fourth-order valence-corrected chi connectivity index (χ4v) is 3.03. The molecule has 1 saturated heterocycles. The molecule has 0 radical (unpaired) electrons. The fraction of sp³-hybridized carbons (Fsp3) is 0.350. The zero-order valence-electron chi connectivity index (χ0n) is 14.0. The highest BCUT2D eigenvalue weighted by Crippen LogP contribution is 2.34. The number of anilines is 1. The normalized spacial score (nSPS) is 17.0. The maximum absolute atomic E-state index is 12.1. The average molecular weight is 309 g/mol. The molecule has 0 saturated carbocycles. The molecule has 0 unspecified atom stereocenters. The van der Waals surface area contributed by atoms with Gasteiger partial charge in [0.05, 0.1) is 0 Å². The lowest BCUT2D eigenvalue weighted by Crippen LogP contribution is -2.24. The Labute approximate surface area is 137 Å². The monoisotopic (exact) mass is 309 g/mol. The van der Waals surface area contributed by atoms with Gasteiger partial charge in [0.25, 0.3) is 0 Å². The minimum Gasteiger partial charge on any atom is -0.457 e. The highest BCUT2D eigenvalue weighted by molar-refractivity contribution is 5.95. The third-order valence-electron chi connectivity index (χ3n) is 3.91. The minimum absolute atomic E-state index is 0.264. The van der Waals surface area contributed by atoms with E-state index in [1.54, 1.807) is 6.08 Å². The van der Waals surface area contributed by atoms with Crippen LogP contribution in [0.25, 0.3) is 10.8 Å². The van der Waals surface area contributed by atoms with Crippen molar-refractivity contribution in [3.05, 3.63) is 54.2 Å². The van der Waals surface area contributed by atoms with E-state index in [-0.39, 0.29) is 5.97 Å². The summed E-state index contributed by atoms with van der Waals surface area (Å²) in [6.07, 6.45) is 3.61. The van der Waals surface area contributed by atoms with E-state index in [1.807, 2.05) is 26.8 Å². The van der Waals surface area contributed by atoms with Crippen molar-refractivity contribution in [3.63, 3.8) is 0 Å². The van der Waals surface area contributed by atoms with E-state index < -0.39 is 5.60 Å². The molecule has 1 aliphatic heterocycles. The molecule has 3 heteroatoms. The van der Waals surface area contributed by atoms with Crippen molar-refractivity contribution >= 4 is 22.4 Å². The quantitative estimate of drug-likeness (QED) is 0.596. The van der Waals surface area contributed by atoms with Crippen molar-refractivity contribution in [2.24, 2.45) is 0 Å². The number of allylic oxidation sites excluding steroid dienone is 1. The second-order valence-electron chi connectivity index (χ2n) is 6.92. The molecule has 1 heterocycles. The summed E-state index contributed by atoms with van der Waals surface area (Å²) >= 11 is 0. The Morgan fingerprint density at radius 2 is 1.87 bits per heavy atom. The SMILES string of the molecule is CC(C)(C)OC(=O)/C=C1\CCCN1c1cccc2ccccc12. The molecular weight excluding hydrogens is 286 g/mol. The molecule has 23 heavy (non-hydrogen) atoms. The molecule has 0 amide bonds. The van der Waals surface area contributed by atoms with Gasteiger partial charge in [-0.2, -0.15) is 0 Å². The third kappa shape index (κ3) is 3.55. The summed E-state index contributed by atoms with van der Waals surface area (Å²) in [5.41, 5.74) is 1.74. The largest absolute Gasteiger partial charge is 0.457 e. The number of hydrogen-bond acceptors (Lipinski definition) is 3. The Balaban J connectivity index is 1.93. The second kappa shape index (κ2) is 6.07. The van der Waals surface area contributed by atoms with Gasteiger partial charge in [-0.25, -0.2) is 4.79 Å². The van der Waals surface area contributed by atoms with Gasteiger partial charge in [0.15, 0.2) is 0 Å². The molecule has 0 N–H and O–H groups in total. The molecule has 3 rings (SSSR count). The van der Waals surface area contributed by atoms with E-state index in [0.29, 0.717) is 0 Å². The van der Waals surface area contributed by atoms with Crippen molar-refractivity contribution < 1.29 is 9.53 Å². The number of ether oxygens (including phenoxy) is 1. The van der Waals surface area contributed by atoms with E-state index in [1.165, 1.54) is 10.8 Å². The van der Waals surface area contributed by atoms with Crippen molar-refractivity contribution in [3.8, 4) is 0 Å². The van der Waals surface area contributed by atoms with Crippen LogP contribution in [0.3, 0.4) is 0 Å². The van der Waals surface area contributed by atoms with E-state index in [2.05, 4.69) is 41.3 Å². The summed E-state index contributed by atoms with van der Waals surface area (Å²) in [5, 5.41) is 2.43. The lowest BCUT2D eigenvalue weighted by atomic mass is 10.1. The minimum atomic E-state index is -0.461. The lowest BCUT2D eigenvalue weighted by molar-refractivity contribution is -0.148. The molecule has 0 aromatic heterocycles. The van der Waals surface area contributed by atoms with E-state index in [0.717, 1.165) is 30.8 Å². The van der Waals surface area contributed by atoms with Crippen LogP contribution in [0.2, 0.25) is 0 Å². The number of carbonyl (C=O) groups is 1. The van der Waals surface area contributed by atoms with Crippen LogP contribution in [-0.4, -0.2) is 18.1 Å². The molecule has 120 valence electrons. The summed E-state index contributed by atoms with van der Waals surface area (Å²) in [4.78, 5) is 14.4. The molecule has 1 fully saturated rings. The van der Waals surface area contributed by atoms with Crippen LogP contribution < -0.4 is 4.90 Å². The summed E-state index contributed by atoms with van der Waals surface area (Å²) in [7, 11) is 0. The van der Waals surface area contributed by atoms with Gasteiger partial charge in [0.2, 0.25) is 0 Å². The van der Waals surface area contributed by atoms with Crippen LogP contribution in [0.5, 0.6) is 0 Å². The zero-order valence-corrected chi connectivity index (χ0v) is 14.0. The Bertz CT molecular complexity index is 750. The van der Waals surface area contributed by atoms with Gasteiger partial charge >= 0.3 is 5.97 Å². The van der Waals surface area contributed by atoms with Gasteiger partial charge in [0.1, 0.15) is 5.60 Å². The lowest BCUT2D eigenvalue weighted by Gasteiger charge is -2.23. The molecule has 1 aliphatic rings. The number of benzene rings is 2. The highest BCUT2D eigenvalue weighted by atomic mass is 16.6. The molecule has 2 aromatic rings. The standard InChI is InChI=1S/C20H23NO2/c1-20(2,3)23-19(22)14-16-10-7-13-21(16)18-12-6-9-15-8-4-5-11-17(15)18/h4-6,8-9,11-12,14H,7,10,13H2,1-3H3/b16-14+. The maximum Gasteiger partial charge on any atom is 0.333 e. The van der Waals surface area contributed by atoms with Gasteiger partial charge in [-0.05, 0) is 45.1 Å². The summed E-state index contributed by atoms with van der Waals surface area (Å²) in [5.74, 6) is -0.264. The predicted molar refractivity (Wildman–Crippen MR) is 94.5 cm³/mol. The van der Waals surface area contributed by atoms with E-state index in [9.17, 15) is 4.79 Å². The summed E-state index contributed by atoms with van der Waals surface area (Å²) < 4.78 is 5.43. The number of carbonyl (C=O) groups excluding carboxylic acids is 1. The first-order valence-corrected chi connectivity index (χ1v) is 8.13. The van der Waals surface area contributed by atoms with Crippen molar-refractivity contribution in [2.75, 3.05) is 11.4 Å². The highest BCUT2D eigenvalue weighted by Gasteiger charge is 2.23. The third-order valence-corrected chi connectivity index (χ3v) is 3.91. The molecule has 0 spiro atoms. The Morgan fingerprint density at radius 1 is 1.13 bits per heavy atom. The number of esters is 1. The Morgan fingerprint density at radius 3 is 2.65 bits per heavy atom. The predicted octanol–water partition coefficient (Wildman–Crippen LogP) is 4.67. The molecule has 2 aromatic carbocycles. The summed E-state index contributed by atoms with van der Waals surface area (Å²) in [6.45, 7) is 6.60. The Hall–Kier alpha value is -2.29. The molecule has 0 atom stereocenters. The molecule has 0 bridgehead atoms. The van der Waals surface area contributed by atoms with Gasteiger partial charge in [-0.1, -0.05) is 36.4 Å². The van der Waals surface area contributed by atoms with Crippen LogP contribution in [0.4, 0.5) is 5.69 Å². The smallest absolute Gasteiger partial charge is 0.333 e. The molecule has 3 nitrogen and oxygen atoms in total. The Kier molecular flexibility index (Phi) is 4.12. The van der Waals surface area contributed by atoms with Crippen LogP contribution in [0.1, 0.15) is 33.6 Å². The van der Waals surface area contributed by atoms with Crippen LogP contribution in [-0.2, 0) is 9.53 Å². The van der Waals surface area contributed by atoms with Gasteiger partial charge in [-0.3, -0.25) is 0 Å². The van der Waals surface area contributed by atoms with Crippen molar-refractivity contribution in [1.82, 2.24) is 0 Å². The van der Waals surface area contributed by atoms with Crippen LogP contribution in [0.15, 0.2) is 54.2 Å². The number of rotatable bonds is 2. The van der Waals surface area contributed by atoms with Gasteiger partial charge in [0, 0.05) is 29.4 Å². The zero-order chi connectivity index (χ0) is 16.4.